The first kappa shape index (κ1) is 19.1. The maximum Gasteiger partial charge on any atom is 0.282 e. The van der Waals surface area contributed by atoms with Crippen LogP contribution in [0.25, 0.3) is 5.57 Å². The Bertz CT molecular complexity index is 952. The lowest BCUT2D eigenvalue weighted by atomic mass is 9.99. The van der Waals surface area contributed by atoms with E-state index in [0.29, 0.717) is 21.8 Å². The van der Waals surface area contributed by atoms with Gasteiger partial charge in [0.1, 0.15) is 5.70 Å². The van der Waals surface area contributed by atoms with E-state index in [0.717, 1.165) is 16.0 Å². The number of para-hydroxylation sites is 1. The number of likely N-dealkylation sites (N-methyl/N-ethyl adjacent to an activating group) is 1. The Balaban J connectivity index is 2.18. The number of amides is 2. The second kappa shape index (κ2) is 7.55. The zero-order chi connectivity index (χ0) is 19.7. The number of carbonyl (C=O) groups excluding carboxylic acids is 2. The van der Waals surface area contributed by atoms with Crippen LogP contribution in [-0.2, 0) is 9.59 Å². The van der Waals surface area contributed by atoms with E-state index in [4.69, 9.17) is 11.6 Å². The fourth-order valence-corrected chi connectivity index (χ4v) is 3.36. The number of nitrogens with zero attached hydrogens (tertiary/aromatic N) is 2. The molecule has 0 aliphatic carbocycles. The summed E-state index contributed by atoms with van der Waals surface area (Å²) >= 11 is 6.24. The first-order chi connectivity index (χ1) is 12.9. The van der Waals surface area contributed by atoms with E-state index in [1.165, 1.54) is 0 Å². The van der Waals surface area contributed by atoms with Gasteiger partial charge in [-0.1, -0.05) is 41.9 Å². The number of aliphatic hydroxyl groups excluding tert-OH is 1. The maximum absolute atomic E-state index is 13.3. The Morgan fingerprint density at radius 1 is 1.04 bits per heavy atom. The molecule has 0 fully saturated rings. The SMILES string of the molecule is Cc1ccc(C2=C(N(C)CCO)C(=O)N(c3ccccc3Cl)C2=O)cc1C. The summed E-state index contributed by atoms with van der Waals surface area (Å²) in [7, 11) is 1.69. The highest BCUT2D eigenvalue weighted by atomic mass is 35.5. The molecule has 0 saturated heterocycles. The highest BCUT2D eigenvalue weighted by molar-refractivity contribution is 6.47. The van der Waals surface area contributed by atoms with Gasteiger partial charge >= 0.3 is 0 Å². The third-order valence-electron chi connectivity index (χ3n) is 4.77. The quantitative estimate of drug-likeness (QED) is 0.804. The number of hydrogen-bond acceptors (Lipinski definition) is 4. The first-order valence-corrected chi connectivity index (χ1v) is 9.01. The largest absolute Gasteiger partial charge is 0.395 e. The Morgan fingerprint density at radius 3 is 2.37 bits per heavy atom. The number of anilines is 1. The Morgan fingerprint density at radius 2 is 1.74 bits per heavy atom. The van der Waals surface area contributed by atoms with Crippen LogP contribution < -0.4 is 4.90 Å². The van der Waals surface area contributed by atoms with E-state index in [-0.39, 0.29) is 18.8 Å². The molecule has 140 valence electrons. The highest BCUT2D eigenvalue weighted by Gasteiger charge is 2.42. The van der Waals surface area contributed by atoms with Crippen molar-refractivity contribution in [3.63, 3.8) is 0 Å². The molecule has 0 atom stereocenters. The van der Waals surface area contributed by atoms with Crippen LogP contribution in [0.4, 0.5) is 5.69 Å². The van der Waals surface area contributed by atoms with Crippen LogP contribution in [0.3, 0.4) is 0 Å². The van der Waals surface area contributed by atoms with Crippen molar-refractivity contribution >= 4 is 34.7 Å². The van der Waals surface area contributed by atoms with Crippen LogP contribution in [0.1, 0.15) is 16.7 Å². The summed E-state index contributed by atoms with van der Waals surface area (Å²) in [6, 6.07) is 12.4. The van der Waals surface area contributed by atoms with E-state index in [1.54, 1.807) is 36.2 Å². The molecule has 1 aliphatic heterocycles. The van der Waals surface area contributed by atoms with Gasteiger partial charge in [0.05, 0.1) is 22.9 Å². The molecule has 2 aromatic carbocycles. The smallest absolute Gasteiger partial charge is 0.282 e. The van der Waals surface area contributed by atoms with Crippen molar-refractivity contribution < 1.29 is 14.7 Å². The number of hydrogen-bond donors (Lipinski definition) is 1. The molecule has 0 saturated carbocycles. The predicted octanol–water partition coefficient (Wildman–Crippen LogP) is 3.17. The van der Waals surface area contributed by atoms with Crippen LogP contribution in [0.15, 0.2) is 48.2 Å². The van der Waals surface area contributed by atoms with E-state index in [2.05, 4.69) is 0 Å². The number of benzene rings is 2. The number of imide groups is 1. The minimum atomic E-state index is -0.447. The summed E-state index contributed by atoms with van der Waals surface area (Å²) in [5, 5.41) is 9.64. The molecular weight excluding hydrogens is 364 g/mol. The molecule has 5 nitrogen and oxygen atoms in total. The maximum atomic E-state index is 13.3. The lowest BCUT2D eigenvalue weighted by Gasteiger charge is -2.20. The monoisotopic (exact) mass is 384 g/mol. The van der Waals surface area contributed by atoms with Crippen LogP contribution in [0.2, 0.25) is 5.02 Å². The molecule has 0 unspecified atom stereocenters. The van der Waals surface area contributed by atoms with E-state index in [9.17, 15) is 14.7 Å². The van der Waals surface area contributed by atoms with Gasteiger partial charge in [0.25, 0.3) is 11.8 Å². The van der Waals surface area contributed by atoms with E-state index >= 15 is 0 Å². The van der Waals surface area contributed by atoms with Gasteiger partial charge in [0.15, 0.2) is 0 Å². The molecule has 1 N–H and O–H groups in total. The number of rotatable bonds is 5. The van der Waals surface area contributed by atoms with Gasteiger partial charge in [-0.3, -0.25) is 9.59 Å². The second-order valence-corrected chi connectivity index (χ2v) is 6.97. The third kappa shape index (κ3) is 3.36. The molecule has 0 radical (unpaired) electrons. The van der Waals surface area contributed by atoms with E-state index in [1.807, 2.05) is 32.0 Å². The molecule has 1 aliphatic rings. The molecule has 6 heteroatoms. The minimum absolute atomic E-state index is 0.131. The predicted molar refractivity (Wildman–Crippen MR) is 106 cm³/mol. The standard InChI is InChI=1S/C21H21ClN2O3/c1-13-8-9-15(12-14(13)2)18-19(23(3)10-11-25)21(27)24(20(18)26)17-7-5-4-6-16(17)22/h4-9,12,25H,10-11H2,1-3H3. The summed E-state index contributed by atoms with van der Waals surface area (Å²) in [6.07, 6.45) is 0. The zero-order valence-corrected chi connectivity index (χ0v) is 16.2. The number of aryl methyl sites for hydroxylation is 2. The first-order valence-electron chi connectivity index (χ1n) is 8.64. The average molecular weight is 385 g/mol. The van der Waals surface area contributed by atoms with Gasteiger partial charge in [0, 0.05) is 13.6 Å². The minimum Gasteiger partial charge on any atom is -0.395 e. The van der Waals surface area contributed by atoms with Crippen molar-refractivity contribution in [2.24, 2.45) is 0 Å². The summed E-state index contributed by atoms with van der Waals surface area (Å²) in [5.41, 5.74) is 3.73. The van der Waals surface area contributed by atoms with Gasteiger partial charge < -0.3 is 10.0 Å². The third-order valence-corrected chi connectivity index (χ3v) is 5.09. The van der Waals surface area contributed by atoms with Gasteiger partial charge in [-0.15, -0.1) is 0 Å². The fraction of sp³-hybridized carbons (Fsp3) is 0.238. The van der Waals surface area contributed by atoms with Crippen LogP contribution >= 0.6 is 11.6 Å². The van der Waals surface area contributed by atoms with Crippen LogP contribution in [0, 0.1) is 13.8 Å². The normalized spacial score (nSPS) is 14.3. The van der Waals surface area contributed by atoms with Crippen molar-refractivity contribution in [3.05, 3.63) is 69.9 Å². The molecule has 0 spiro atoms. The van der Waals surface area contributed by atoms with E-state index < -0.39 is 11.8 Å². The van der Waals surface area contributed by atoms with Crippen molar-refractivity contribution in [3.8, 4) is 0 Å². The lowest BCUT2D eigenvalue weighted by molar-refractivity contribution is -0.120. The molecule has 0 bridgehead atoms. The van der Waals surface area contributed by atoms with Crippen molar-refractivity contribution in [2.45, 2.75) is 13.8 Å². The van der Waals surface area contributed by atoms with Gasteiger partial charge in [-0.05, 0) is 42.7 Å². The molecule has 0 aromatic heterocycles. The lowest BCUT2D eigenvalue weighted by Crippen LogP contribution is -2.35. The van der Waals surface area contributed by atoms with Crippen LogP contribution in [-0.4, -0.2) is 42.0 Å². The molecule has 27 heavy (non-hydrogen) atoms. The number of aliphatic hydroxyl groups is 1. The molecule has 2 aromatic rings. The summed E-state index contributed by atoms with van der Waals surface area (Å²) in [5.74, 6) is -0.867. The molecule has 1 heterocycles. The fourth-order valence-electron chi connectivity index (χ4n) is 3.14. The highest BCUT2D eigenvalue weighted by Crippen LogP contribution is 2.37. The topological polar surface area (TPSA) is 60.9 Å². The number of carbonyl (C=O) groups is 2. The van der Waals surface area contributed by atoms with Crippen LogP contribution in [0.5, 0.6) is 0 Å². The molecule has 2 amide bonds. The average Bonchev–Trinajstić information content (AvgIpc) is 2.89. The summed E-state index contributed by atoms with van der Waals surface area (Å²) < 4.78 is 0. The molecular formula is C21H21ClN2O3. The van der Waals surface area contributed by atoms with Gasteiger partial charge in [-0.25, -0.2) is 4.90 Å². The zero-order valence-electron chi connectivity index (χ0n) is 15.5. The Kier molecular flexibility index (Phi) is 5.35. The summed E-state index contributed by atoms with van der Waals surface area (Å²) in [6.45, 7) is 4.06. The Hall–Kier alpha value is -2.63. The van der Waals surface area contributed by atoms with Crippen molar-refractivity contribution in [1.82, 2.24) is 4.90 Å². The van der Waals surface area contributed by atoms with Crippen molar-refractivity contribution in [2.75, 3.05) is 25.1 Å². The van der Waals surface area contributed by atoms with Crippen molar-refractivity contribution in [1.29, 1.82) is 0 Å². The second-order valence-electron chi connectivity index (χ2n) is 6.56. The molecule has 3 rings (SSSR count). The van der Waals surface area contributed by atoms with Gasteiger partial charge in [-0.2, -0.15) is 0 Å². The summed E-state index contributed by atoms with van der Waals surface area (Å²) in [4.78, 5) is 29.2. The Labute approximate surface area is 163 Å². The number of halogens is 1. The van der Waals surface area contributed by atoms with Gasteiger partial charge in [0.2, 0.25) is 0 Å².